The summed E-state index contributed by atoms with van der Waals surface area (Å²) in [5, 5.41) is 7.79. The SMILES string of the molecule is C=C/C=C(\C=C/C)c1cc2c(c(-c3cccc4c3Nc3ccccc3C4(C)C)c1)SC(=C\Nc1ccc(C)cc1-c1ccccc1)/C(C1=C(C)CCC=C1)=C(/C)C=C2. The zero-order chi connectivity index (χ0) is 40.4. The molecule has 0 unspecified atom stereocenters. The zero-order valence-electron chi connectivity index (χ0n) is 34.5. The molecule has 1 aliphatic carbocycles. The summed E-state index contributed by atoms with van der Waals surface area (Å²) >= 11 is 1.86. The number of para-hydroxylation sites is 2. The Labute approximate surface area is 349 Å². The fourth-order valence-electron chi connectivity index (χ4n) is 8.62. The molecule has 58 heavy (non-hydrogen) atoms. The average molecular weight is 773 g/mol. The topological polar surface area (TPSA) is 24.1 Å². The van der Waals surface area contributed by atoms with E-state index in [1.165, 1.54) is 76.6 Å². The van der Waals surface area contributed by atoms with Crippen molar-refractivity contribution in [3.05, 3.63) is 213 Å². The van der Waals surface area contributed by atoms with Crippen LogP contribution in [0.4, 0.5) is 17.1 Å². The minimum Gasteiger partial charge on any atom is -0.360 e. The van der Waals surface area contributed by atoms with Gasteiger partial charge in [0.15, 0.2) is 0 Å². The van der Waals surface area contributed by atoms with Crippen molar-refractivity contribution in [2.24, 2.45) is 0 Å². The summed E-state index contributed by atoms with van der Waals surface area (Å²) in [6.07, 6.45) is 22.0. The first-order valence-corrected chi connectivity index (χ1v) is 21.2. The average Bonchev–Trinajstić information content (AvgIpc) is 3.23. The van der Waals surface area contributed by atoms with Gasteiger partial charge in [-0.1, -0.05) is 165 Å². The molecule has 0 amide bonds. The van der Waals surface area contributed by atoms with Gasteiger partial charge in [0, 0.05) is 43.9 Å². The van der Waals surface area contributed by atoms with Crippen LogP contribution >= 0.6 is 11.8 Å². The molecule has 2 heterocycles. The number of hydrogen-bond acceptors (Lipinski definition) is 3. The van der Waals surface area contributed by atoms with Crippen molar-refractivity contribution < 1.29 is 0 Å². The number of rotatable bonds is 8. The molecule has 0 aromatic heterocycles. The molecule has 0 saturated heterocycles. The second-order valence-electron chi connectivity index (χ2n) is 16.0. The van der Waals surface area contributed by atoms with E-state index in [0.717, 1.165) is 41.0 Å². The normalized spacial score (nSPS) is 18.0. The summed E-state index contributed by atoms with van der Waals surface area (Å²) in [4.78, 5) is 2.39. The van der Waals surface area contributed by atoms with Crippen molar-refractivity contribution in [3.63, 3.8) is 0 Å². The predicted octanol–water partition coefficient (Wildman–Crippen LogP) is 15.9. The number of aryl methyl sites for hydroxylation is 1. The maximum absolute atomic E-state index is 4.08. The molecule has 0 atom stereocenters. The lowest BCUT2D eigenvalue weighted by atomic mass is 9.73. The van der Waals surface area contributed by atoms with Crippen molar-refractivity contribution in [2.75, 3.05) is 10.6 Å². The summed E-state index contributed by atoms with van der Waals surface area (Å²) < 4.78 is 0. The number of allylic oxidation sites excluding steroid dienone is 12. The summed E-state index contributed by atoms with van der Waals surface area (Å²) in [6.45, 7) is 17.6. The summed E-state index contributed by atoms with van der Waals surface area (Å²) in [6, 6.07) is 37.7. The number of anilines is 3. The second kappa shape index (κ2) is 16.4. The van der Waals surface area contributed by atoms with Gasteiger partial charge in [0.25, 0.3) is 0 Å². The highest BCUT2D eigenvalue weighted by atomic mass is 32.2. The fourth-order valence-corrected chi connectivity index (χ4v) is 9.85. The standard InChI is InChI=1S/C55H52N2S/c1-8-18-39(19-9-2)42-33-41-30-29-38(5)52(43-23-14-13-20-37(43)4)51(35-56-49-31-28-36(3)32-45(49)40-21-11-10-12-22-40)58-54(41)46(34-42)44-24-17-26-48-53(44)57-50-27-16-15-25-47(50)55(48,6)7/h8-12,14-19,21-35,56-57H,1,13,20H2,2-7H3/b19-9-,30-29?,39-18+,51-35-,52-38-. The molecular weight excluding hydrogens is 721 g/mol. The first-order chi connectivity index (χ1) is 28.2. The van der Waals surface area contributed by atoms with Gasteiger partial charge < -0.3 is 10.6 Å². The Morgan fingerprint density at radius 1 is 0.810 bits per heavy atom. The first kappa shape index (κ1) is 38.8. The van der Waals surface area contributed by atoms with Crippen LogP contribution in [0.2, 0.25) is 0 Å². The minimum absolute atomic E-state index is 0.186. The van der Waals surface area contributed by atoms with Crippen LogP contribution in [0.5, 0.6) is 0 Å². The Morgan fingerprint density at radius 2 is 1.60 bits per heavy atom. The predicted molar refractivity (Wildman–Crippen MR) is 254 cm³/mol. The number of benzene rings is 5. The van der Waals surface area contributed by atoms with E-state index in [2.05, 4.69) is 211 Å². The van der Waals surface area contributed by atoms with Gasteiger partial charge in [-0.3, -0.25) is 0 Å². The van der Waals surface area contributed by atoms with Crippen LogP contribution in [-0.2, 0) is 5.41 Å². The van der Waals surface area contributed by atoms with E-state index in [-0.39, 0.29) is 5.41 Å². The Balaban J connectivity index is 1.38. The van der Waals surface area contributed by atoms with E-state index in [1.54, 1.807) is 0 Å². The molecule has 8 rings (SSSR count). The number of nitrogens with one attached hydrogen (secondary N) is 2. The van der Waals surface area contributed by atoms with Crippen molar-refractivity contribution >= 4 is 40.5 Å². The van der Waals surface area contributed by atoms with E-state index in [9.17, 15) is 0 Å². The third-order valence-electron chi connectivity index (χ3n) is 11.7. The molecule has 0 radical (unpaired) electrons. The van der Waals surface area contributed by atoms with Gasteiger partial charge in [0.2, 0.25) is 0 Å². The van der Waals surface area contributed by atoms with Crippen LogP contribution in [0.25, 0.3) is 33.9 Å². The van der Waals surface area contributed by atoms with Crippen LogP contribution in [0.1, 0.15) is 75.3 Å². The maximum atomic E-state index is 4.08. The van der Waals surface area contributed by atoms with Crippen molar-refractivity contribution in [3.8, 4) is 22.3 Å². The molecule has 2 nitrogen and oxygen atoms in total. The number of thioether (sulfide) groups is 1. The van der Waals surface area contributed by atoms with Crippen molar-refractivity contribution in [1.29, 1.82) is 0 Å². The largest absolute Gasteiger partial charge is 0.360 e. The van der Waals surface area contributed by atoms with E-state index in [4.69, 9.17) is 0 Å². The third kappa shape index (κ3) is 7.43. The lowest BCUT2D eigenvalue weighted by Gasteiger charge is -2.37. The molecule has 0 bridgehead atoms. The van der Waals surface area contributed by atoms with Gasteiger partial charge in [-0.05, 0) is 127 Å². The van der Waals surface area contributed by atoms with Crippen molar-refractivity contribution in [1.82, 2.24) is 0 Å². The first-order valence-electron chi connectivity index (χ1n) is 20.4. The van der Waals surface area contributed by atoms with Gasteiger partial charge in [-0.2, -0.15) is 0 Å². The molecule has 0 saturated carbocycles. The molecular formula is C55H52N2S. The highest BCUT2D eigenvalue weighted by Crippen LogP contribution is 2.53. The minimum atomic E-state index is -0.186. The third-order valence-corrected chi connectivity index (χ3v) is 12.9. The quantitative estimate of drug-likeness (QED) is 0.154. The van der Waals surface area contributed by atoms with E-state index >= 15 is 0 Å². The van der Waals surface area contributed by atoms with Crippen LogP contribution in [0.15, 0.2) is 191 Å². The highest BCUT2D eigenvalue weighted by molar-refractivity contribution is 8.03. The van der Waals surface area contributed by atoms with Gasteiger partial charge in [0.1, 0.15) is 0 Å². The van der Waals surface area contributed by atoms with Gasteiger partial charge in [0.05, 0.1) is 5.69 Å². The monoisotopic (exact) mass is 772 g/mol. The van der Waals surface area contributed by atoms with Crippen LogP contribution in [-0.4, -0.2) is 0 Å². The van der Waals surface area contributed by atoms with Crippen LogP contribution in [0.3, 0.4) is 0 Å². The Bertz CT molecular complexity index is 2660. The second-order valence-corrected chi connectivity index (χ2v) is 17.1. The molecule has 288 valence electrons. The van der Waals surface area contributed by atoms with Crippen molar-refractivity contribution in [2.45, 2.75) is 64.7 Å². The lowest BCUT2D eigenvalue weighted by molar-refractivity contribution is 0.638. The molecule has 2 aliphatic heterocycles. The molecule has 3 heteroatoms. The zero-order valence-corrected chi connectivity index (χ0v) is 35.4. The molecule has 0 spiro atoms. The number of fused-ring (bicyclic) bond motifs is 3. The van der Waals surface area contributed by atoms with E-state index < -0.39 is 0 Å². The summed E-state index contributed by atoms with van der Waals surface area (Å²) in [5.74, 6) is 0. The Kier molecular flexibility index (Phi) is 11.0. The smallest absolute Gasteiger partial charge is 0.0505 e. The van der Waals surface area contributed by atoms with E-state index in [0.29, 0.717) is 0 Å². The molecule has 2 N–H and O–H groups in total. The summed E-state index contributed by atoms with van der Waals surface area (Å²) in [5.41, 5.74) is 20.5. The summed E-state index contributed by atoms with van der Waals surface area (Å²) in [7, 11) is 0. The Hall–Kier alpha value is -6.03. The van der Waals surface area contributed by atoms with Gasteiger partial charge in [-0.25, -0.2) is 0 Å². The molecule has 3 aliphatic rings. The van der Waals surface area contributed by atoms with Crippen LogP contribution < -0.4 is 10.6 Å². The van der Waals surface area contributed by atoms with Gasteiger partial charge in [-0.15, -0.1) is 0 Å². The van der Waals surface area contributed by atoms with Gasteiger partial charge >= 0.3 is 0 Å². The Morgan fingerprint density at radius 3 is 2.40 bits per heavy atom. The maximum Gasteiger partial charge on any atom is 0.0505 e. The highest BCUT2D eigenvalue weighted by Gasteiger charge is 2.34. The fraction of sp³-hybridized carbons (Fsp3) is 0.164. The molecule has 5 aromatic carbocycles. The lowest BCUT2D eigenvalue weighted by Crippen LogP contribution is -2.26. The molecule has 0 fully saturated rings. The van der Waals surface area contributed by atoms with Crippen LogP contribution in [0, 0.1) is 6.92 Å². The van der Waals surface area contributed by atoms with E-state index in [1.807, 2.05) is 17.8 Å². The number of hydrogen-bond donors (Lipinski definition) is 2. The molecule has 5 aromatic rings.